The second kappa shape index (κ2) is 7.36. The van der Waals surface area contributed by atoms with Gasteiger partial charge < -0.3 is 18.8 Å². The Morgan fingerprint density at radius 2 is 1.82 bits per heavy atom. The second-order valence-electron chi connectivity index (χ2n) is 9.52. The van der Waals surface area contributed by atoms with Crippen LogP contribution in [0.1, 0.15) is 60.1 Å². The smallest absolute Gasteiger partial charge is 0.444 e. The quantitative estimate of drug-likeness (QED) is 0.727. The van der Waals surface area contributed by atoms with E-state index in [1.165, 1.54) is 0 Å². The SMILES string of the molecule is CC(C)(C)OC(=O)N1CCOCC1c1cccc(B2OC(C)(C)C(C)(C)O2)c1. The third-order valence-corrected chi connectivity index (χ3v) is 5.58. The summed E-state index contributed by atoms with van der Waals surface area (Å²) in [5, 5.41) is 0. The zero-order valence-corrected chi connectivity index (χ0v) is 18.1. The van der Waals surface area contributed by atoms with Crippen molar-refractivity contribution in [1.82, 2.24) is 4.90 Å². The molecule has 1 unspecified atom stereocenters. The Morgan fingerprint density at radius 3 is 2.43 bits per heavy atom. The first-order valence-corrected chi connectivity index (χ1v) is 9.92. The molecule has 1 aromatic rings. The van der Waals surface area contributed by atoms with Crippen LogP contribution in [0.2, 0.25) is 0 Å². The molecule has 1 atom stereocenters. The first kappa shape index (κ1) is 21.2. The van der Waals surface area contributed by atoms with E-state index in [0.717, 1.165) is 11.0 Å². The predicted molar refractivity (Wildman–Crippen MR) is 109 cm³/mol. The van der Waals surface area contributed by atoms with Crippen molar-refractivity contribution in [2.24, 2.45) is 0 Å². The maximum atomic E-state index is 12.7. The van der Waals surface area contributed by atoms with Crippen molar-refractivity contribution in [2.75, 3.05) is 19.8 Å². The first-order valence-electron chi connectivity index (χ1n) is 9.92. The molecule has 0 N–H and O–H groups in total. The number of carbonyl (C=O) groups excluding carboxylic acids is 1. The standard InChI is InChI=1S/C21H32BNO5/c1-19(2,3)26-18(24)23-11-12-25-14-17(23)15-9-8-10-16(13-15)22-27-20(4,5)21(6,7)28-22/h8-10,13,17H,11-12,14H2,1-7H3. The average molecular weight is 389 g/mol. The molecule has 2 aliphatic heterocycles. The van der Waals surface area contributed by atoms with Crippen LogP contribution in [0.15, 0.2) is 24.3 Å². The van der Waals surface area contributed by atoms with Crippen LogP contribution in [-0.2, 0) is 18.8 Å². The van der Waals surface area contributed by atoms with Gasteiger partial charge in [0.25, 0.3) is 0 Å². The summed E-state index contributed by atoms with van der Waals surface area (Å²) >= 11 is 0. The van der Waals surface area contributed by atoms with Crippen LogP contribution in [0, 0.1) is 0 Å². The van der Waals surface area contributed by atoms with Crippen molar-refractivity contribution in [2.45, 2.75) is 71.3 Å². The van der Waals surface area contributed by atoms with Crippen LogP contribution < -0.4 is 5.46 Å². The third kappa shape index (κ3) is 4.37. The molecule has 7 heteroatoms. The zero-order valence-electron chi connectivity index (χ0n) is 18.1. The van der Waals surface area contributed by atoms with Gasteiger partial charge in [-0.15, -0.1) is 0 Å². The molecule has 0 bridgehead atoms. The van der Waals surface area contributed by atoms with Crippen LogP contribution in [-0.4, -0.2) is 54.7 Å². The average Bonchev–Trinajstić information content (AvgIpc) is 2.81. The van der Waals surface area contributed by atoms with E-state index >= 15 is 0 Å². The molecule has 6 nitrogen and oxygen atoms in total. The van der Waals surface area contributed by atoms with Gasteiger partial charge in [-0.1, -0.05) is 24.3 Å². The Hall–Kier alpha value is -1.57. The van der Waals surface area contributed by atoms with Crippen LogP contribution in [0.4, 0.5) is 4.79 Å². The molecular weight excluding hydrogens is 357 g/mol. The summed E-state index contributed by atoms with van der Waals surface area (Å²) in [5.41, 5.74) is 0.586. The Morgan fingerprint density at radius 1 is 1.18 bits per heavy atom. The van der Waals surface area contributed by atoms with E-state index in [-0.39, 0.29) is 12.1 Å². The Bertz CT molecular complexity index is 712. The highest BCUT2D eigenvalue weighted by atomic mass is 16.7. The number of nitrogens with zero attached hydrogens (tertiary/aromatic N) is 1. The maximum Gasteiger partial charge on any atom is 0.494 e. The summed E-state index contributed by atoms with van der Waals surface area (Å²) in [6.07, 6.45) is -0.318. The fourth-order valence-corrected chi connectivity index (χ4v) is 3.31. The number of hydrogen-bond acceptors (Lipinski definition) is 5. The lowest BCUT2D eigenvalue weighted by molar-refractivity contribution is -0.0330. The van der Waals surface area contributed by atoms with E-state index < -0.39 is 23.9 Å². The Balaban J connectivity index is 1.83. The molecule has 0 aromatic heterocycles. The van der Waals surface area contributed by atoms with Gasteiger partial charge in [0.1, 0.15) is 5.60 Å². The predicted octanol–water partition coefficient (Wildman–Crippen LogP) is 3.29. The van der Waals surface area contributed by atoms with Crippen molar-refractivity contribution >= 4 is 18.7 Å². The number of rotatable bonds is 2. The highest BCUT2D eigenvalue weighted by molar-refractivity contribution is 6.62. The van der Waals surface area contributed by atoms with Gasteiger partial charge in [0.2, 0.25) is 0 Å². The van der Waals surface area contributed by atoms with Gasteiger partial charge in [-0.05, 0) is 59.5 Å². The van der Waals surface area contributed by atoms with Crippen molar-refractivity contribution in [3.05, 3.63) is 29.8 Å². The molecule has 28 heavy (non-hydrogen) atoms. The van der Waals surface area contributed by atoms with Crippen molar-refractivity contribution in [3.8, 4) is 0 Å². The van der Waals surface area contributed by atoms with E-state index in [4.69, 9.17) is 18.8 Å². The summed E-state index contributed by atoms with van der Waals surface area (Å²) in [6, 6.07) is 7.81. The summed E-state index contributed by atoms with van der Waals surface area (Å²) in [7, 11) is -0.440. The Kier molecular flexibility index (Phi) is 5.56. The van der Waals surface area contributed by atoms with E-state index in [2.05, 4.69) is 0 Å². The number of morpholine rings is 1. The summed E-state index contributed by atoms with van der Waals surface area (Å²) in [4.78, 5) is 14.5. The van der Waals surface area contributed by atoms with Crippen molar-refractivity contribution in [3.63, 3.8) is 0 Å². The molecule has 2 fully saturated rings. The molecule has 0 saturated carbocycles. The molecule has 0 radical (unpaired) electrons. The van der Waals surface area contributed by atoms with Crippen LogP contribution in [0.5, 0.6) is 0 Å². The van der Waals surface area contributed by atoms with Crippen LogP contribution in [0.25, 0.3) is 0 Å². The van der Waals surface area contributed by atoms with Gasteiger partial charge in [0, 0.05) is 6.54 Å². The molecule has 2 aliphatic rings. The number of benzene rings is 1. The minimum Gasteiger partial charge on any atom is -0.444 e. The highest BCUT2D eigenvalue weighted by Gasteiger charge is 2.51. The molecule has 1 amide bonds. The summed E-state index contributed by atoms with van der Waals surface area (Å²) < 4.78 is 23.6. The molecule has 154 valence electrons. The first-order chi connectivity index (χ1) is 12.9. The Labute approximate surface area is 168 Å². The van der Waals surface area contributed by atoms with Crippen LogP contribution >= 0.6 is 0 Å². The van der Waals surface area contributed by atoms with Crippen LogP contribution in [0.3, 0.4) is 0 Å². The van der Waals surface area contributed by atoms with E-state index in [9.17, 15) is 4.79 Å². The van der Waals surface area contributed by atoms with E-state index in [1.54, 1.807) is 4.90 Å². The van der Waals surface area contributed by atoms with Gasteiger partial charge in [-0.3, -0.25) is 4.90 Å². The largest absolute Gasteiger partial charge is 0.494 e. The lowest BCUT2D eigenvalue weighted by Crippen LogP contribution is -2.46. The molecule has 2 saturated heterocycles. The maximum absolute atomic E-state index is 12.7. The van der Waals surface area contributed by atoms with Gasteiger partial charge >= 0.3 is 13.2 Å². The second-order valence-corrected chi connectivity index (χ2v) is 9.52. The topological polar surface area (TPSA) is 57.2 Å². The molecule has 0 spiro atoms. The molecule has 3 rings (SSSR count). The van der Waals surface area contributed by atoms with Gasteiger partial charge in [0.15, 0.2) is 0 Å². The normalized spacial score (nSPS) is 24.3. The van der Waals surface area contributed by atoms with Crippen molar-refractivity contribution < 1.29 is 23.6 Å². The lowest BCUT2D eigenvalue weighted by Gasteiger charge is -2.37. The molecular formula is C21H32BNO5. The highest BCUT2D eigenvalue weighted by Crippen LogP contribution is 2.36. The monoisotopic (exact) mass is 389 g/mol. The third-order valence-electron chi connectivity index (χ3n) is 5.58. The number of amides is 1. The molecule has 0 aliphatic carbocycles. The molecule has 1 aromatic carbocycles. The zero-order chi connectivity index (χ0) is 20.7. The van der Waals surface area contributed by atoms with Crippen molar-refractivity contribution in [1.29, 1.82) is 0 Å². The van der Waals surface area contributed by atoms with Gasteiger partial charge in [-0.25, -0.2) is 4.79 Å². The van der Waals surface area contributed by atoms with E-state index in [1.807, 2.05) is 72.7 Å². The number of carbonyl (C=O) groups is 1. The minimum absolute atomic E-state index is 0.203. The lowest BCUT2D eigenvalue weighted by atomic mass is 9.78. The minimum atomic E-state index is -0.537. The van der Waals surface area contributed by atoms with E-state index in [0.29, 0.717) is 19.8 Å². The fourth-order valence-electron chi connectivity index (χ4n) is 3.31. The van der Waals surface area contributed by atoms with Gasteiger partial charge in [-0.2, -0.15) is 0 Å². The summed E-state index contributed by atoms with van der Waals surface area (Å²) in [5.74, 6) is 0. The fraction of sp³-hybridized carbons (Fsp3) is 0.667. The van der Waals surface area contributed by atoms with Gasteiger partial charge in [0.05, 0.1) is 30.5 Å². The summed E-state index contributed by atoms with van der Waals surface area (Å²) in [6.45, 7) is 15.2. The number of hydrogen-bond donors (Lipinski definition) is 0. The molecule has 2 heterocycles. The number of ether oxygens (including phenoxy) is 2.